The lowest BCUT2D eigenvalue weighted by Gasteiger charge is -2.36. The summed E-state index contributed by atoms with van der Waals surface area (Å²) in [5, 5.41) is 29.9. The molecule has 3 rings (SSSR count). The number of allylic oxidation sites excluding steroid dienone is 2. The molecule has 1 amide bonds. The Kier molecular flexibility index (Phi) is 7.30. The van der Waals surface area contributed by atoms with Crippen LogP contribution in [0.1, 0.15) is 38.5 Å². The lowest BCUT2D eigenvalue weighted by Crippen LogP contribution is -2.45. The summed E-state index contributed by atoms with van der Waals surface area (Å²) >= 11 is 0. The molecule has 2 aliphatic rings. The van der Waals surface area contributed by atoms with Crippen LogP contribution in [0.2, 0.25) is 0 Å². The van der Waals surface area contributed by atoms with Crippen molar-refractivity contribution in [1.82, 2.24) is 4.90 Å². The smallest absolute Gasteiger partial charge is 0.227 e. The average molecular weight is 403 g/mol. The third-order valence-corrected chi connectivity index (χ3v) is 5.78. The van der Waals surface area contributed by atoms with Crippen molar-refractivity contribution < 1.29 is 4.79 Å². The second-order valence-electron chi connectivity index (χ2n) is 7.78. The summed E-state index contributed by atoms with van der Waals surface area (Å²) < 4.78 is 0. The molecule has 0 aromatic heterocycles. The van der Waals surface area contributed by atoms with Crippen LogP contribution in [0.4, 0.5) is 11.4 Å². The van der Waals surface area contributed by atoms with Gasteiger partial charge in [-0.05, 0) is 49.9 Å². The highest BCUT2D eigenvalue weighted by Gasteiger charge is 2.29. The number of piperidine rings is 1. The van der Waals surface area contributed by atoms with Crippen LogP contribution in [0, 0.1) is 39.9 Å². The van der Waals surface area contributed by atoms with Gasteiger partial charge in [0.2, 0.25) is 5.91 Å². The molecule has 0 radical (unpaired) electrons. The summed E-state index contributed by atoms with van der Waals surface area (Å²) in [6.07, 6.45) is 6.57. The molecule has 7 nitrogen and oxygen atoms in total. The number of benzene rings is 1. The Hall–Kier alpha value is -3.50. The van der Waals surface area contributed by atoms with Gasteiger partial charge in [-0.15, -0.1) is 0 Å². The van der Waals surface area contributed by atoms with E-state index in [2.05, 4.69) is 15.1 Å². The Bertz CT molecular complexity index is 891. The number of hydrogen-bond donors (Lipinski definition) is 1. The molecule has 2 fully saturated rings. The van der Waals surface area contributed by atoms with Gasteiger partial charge in [-0.1, -0.05) is 12.8 Å². The summed E-state index contributed by atoms with van der Waals surface area (Å²) in [5.74, 6) is 0.334. The number of likely N-dealkylation sites (tertiary alicyclic amines) is 1. The summed E-state index contributed by atoms with van der Waals surface area (Å²) in [6.45, 7) is 3.40. The Balaban J connectivity index is 1.65. The summed E-state index contributed by atoms with van der Waals surface area (Å²) in [4.78, 5) is 17.3. The predicted molar refractivity (Wildman–Crippen MR) is 114 cm³/mol. The van der Waals surface area contributed by atoms with Gasteiger partial charge in [0.05, 0.1) is 5.92 Å². The van der Waals surface area contributed by atoms with Crippen molar-refractivity contribution in [3.63, 3.8) is 0 Å². The van der Waals surface area contributed by atoms with Crippen LogP contribution >= 0.6 is 0 Å². The normalized spacial score (nSPS) is 18.9. The molecule has 1 N–H and O–H groups in total. The zero-order valence-electron chi connectivity index (χ0n) is 17.1. The first-order valence-electron chi connectivity index (χ1n) is 10.5. The number of rotatable bonds is 4. The fourth-order valence-corrected chi connectivity index (χ4v) is 4.15. The molecule has 7 heteroatoms. The van der Waals surface area contributed by atoms with Crippen LogP contribution in [-0.4, -0.2) is 37.0 Å². The van der Waals surface area contributed by atoms with Gasteiger partial charge in [-0.3, -0.25) is 4.79 Å². The van der Waals surface area contributed by atoms with Gasteiger partial charge in [0.15, 0.2) is 5.57 Å². The van der Waals surface area contributed by atoms with Gasteiger partial charge >= 0.3 is 0 Å². The number of anilines is 2. The zero-order chi connectivity index (χ0) is 21.3. The minimum atomic E-state index is -0.243. The maximum Gasteiger partial charge on any atom is 0.227 e. The second-order valence-corrected chi connectivity index (χ2v) is 7.78. The molecule has 2 heterocycles. The number of nitriles is 3. The highest BCUT2D eigenvalue weighted by Crippen LogP contribution is 2.27. The number of nitrogens with zero attached hydrogens (tertiary/aromatic N) is 5. The first-order chi connectivity index (χ1) is 14.7. The van der Waals surface area contributed by atoms with E-state index in [1.54, 1.807) is 12.1 Å². The molecule has 1 aromatic carbocycles. The van der Waals surface area contributed by atoms with Crippen LogP contribution in [0.15, 0.2) is 35.5 Å². The Morgan fingerprint density at radius 2 is 1.57 bits per heavy atom. The van der Waals surface area contributed by atoms with Crippen LogP contribution in [-0.2, 0) is 4.79 Å². The number of hydrogen-bond acceptors (Lipinski definition) is 6. The van der Waals surface area contributed by atoms with E-state index in [1.165, 1.54) is 12.8 Å². The predicted octanol–water partition coefficient (Wildman–Crippen LogP) is 3.54. The lowest BCUT2D eigenvalue weighted by atomic mass is 9.95. The number of carbonyl (C=O) groups is 1. The largest absolute Gasteiger partial charge is 0.371 e. The van der Waals surface area contributed by atoms with E-state index in [4.69, 9.17) is 15.8 Å². The van der Waals surface area contributed by atoms with Crippen molar-refractivity contribution in [3.05, 3.63) is 35.5 Å². The maximum atomic E-state index is 13.0. The van der Waals surface area contributed by atoms with Crippen LogP contribution in [0.5, 0.6) is 0 Å². The molecule has 2 saturated heterocycles. The Morgan fingerprint density at radius 1 is 0.900 bits per heavy atom. The molecule has 1 aromatic rings. The van der Waals surface area contributed by atoms with Gasteiger partial charge in [0.25, 0.3) is 0 Å². The molecule has 30 heavy (non-hydrogen) atoms. The molecule has 154 valence electrons. The molecular formula is C23H26N6O. The Morgan fingerprint density at radius 3 is 2.17 bits per heavy atom. The fourth-order valence-electron chi connectivity index (χ4n) is 4.15. The van der Waals surface area contributed by atoms with E-state index >= 15 is 0 Å². The van der Waals surface area contributed by atoms with Gasteiger partial charge < -0.3 is 15.1 Å². The first kappa shape index (κ1) is 21.2. The topological polar surface area (TPSA) is 107 Å². The number of amides is 1. The standard InChI is InChI=1S/C23H26N6O/c24-14-19(15-25)22(16-26)27-20-7-9-21(10-8-20)29-13-5-6-18(17-29)23(30)28-11-3-1-2-4-12-28/h7-10,18,27H,1-6,11-13,17H2. The molecule has 0 bridgehead atoms. The van der Waals surface area contributed by atoms with Crippen molar-refractivity contribution in [1.29, 1.82) is 15.8 Å². The van der Waals surface area contributed by atoms with Crippen LogP contribution in [0.25, 0.3) is 0 Å². The van der Waals surface area contributed by atoms with Gasteiger partial charge in [-0.2, -0.15) is 15.8 Å². The molecular weight excluding hydrogens is 376 g/mol. The zero-order valence-corrected chi connectivity index (χ0v) is 17.1. The van der Waals surface area contributed by atoms with Crippen LogP contribution in [0.3, 0.4) is 0 Å². The molecule has 0 spiro atoms. The molecule has 1 atom stereocenters. The summed E-state index contributed by atoms with van der Waals surface area (Å²) in [7, 11) is 0. The van der Waals surface area contributed by atoms with Gasteiger partial charge in [-0.25, -0.2) is 0 Å². The minimum absolute atomic E-state index is 0.0385. The summed E-state index contributed by atoms with van der Waals surface area (Å²) in [5.41, 5.74) is 1.35. The number of nitrogens with one attached hydrogen (secondary N) is 1. The lowest BCUT2D eigenvalue weighted by molar-refractivity contribution is -0.135. The third-order valence-electron chi connectivity index (χ3n) is 5.78. The minimum Gasteiger partial charge on any atom is -0.371 e. The fraction of sp³-hybridized carbons (Fsp3) is 0.478. The van der Waals surface area contributed by atoms with E-state index in [0.717, 1.165) is 57.5 Å². The third kappa shape index (κ3) is 5.10. The van der Waals surface area contributed by atoms with E-state index < -0.39 is 0 Å². The van der Waals surface area contributed by atoms with E-state index in [-0.39, 0.29) is 17.2 Å². The SMILES string of the molecule is N#CC(C#N)=C(C#N)Nc1ccc(N2CCCC(C(=O)N3CCCCCC3)C2)cc1. The van der Waals surface area contributed by atoms with Crippen LogP contribution < -0.4 is 10.2 Å². The molecule has 1 unspecified atom stereocenters. The highest BCUT2D eigenvalue weighted by molar-refractivity contribution is 5.80. The van der Waals surface area contributed by atoms with E-state index in [9.17, 15) is 4.79 Å². The summed E-state index contributed by atoms with van der Waals surface area (Å²) in [6, 6.07) is 12.8. The van der Waals surface area contributed by atoms with E-state index in [1.807, 2.05) is 30.3 Å². The molecule has 0 aliphatic carbocycles. The van der Waals surface area contributed by atoms with Crippen molar-refractivity contribution in [2.75, 3.05) is 36.4 Å². The Labute approximate surface area is 177 Å². The van der Waals surface area contributed by atoms with Gasteiger partial charge in [0.1, 0.15) is 23.9 Å². The average Bonchev–Trinajstić information content (AvgIpc) is 3.09. The van der Waals surface area contributed by atoms with Gasteiger partial charge in [0, 0.05) is 37.6 Å². The quantitative estimate of drug-likeness (QED) is 0.772. The van der Waals surface area contributed by atoms with Crippen molar-refractivity contribution in [3.8, 4) is 18.2 Å². The number of carbonyl (C=O) groups excluding carboxylic acids is 1. The van der Waals surface area contributed by atoms with Crippen molar-refractivity contribution >= 4 is 17.3 Å². The second kappa shape index (κ2) is 10.3. The molecule has 0 saturated carbocycles. The first-order valence-corrected chi connectivity index (χ1v) is 10.5. The van der Waals surface area contributed by atoms with E-state index in [0.29, 0.717) is 11.6 Å². The highest BCUT2D eigenvalue weighted by atomic mass is 16.2. The maximum absolute atomic E-state index is 13.0. The molecule has 2 aliphatic heterocycles. The van der Waals surface area contributed by atoms with Crippen molar-refractivity contribution in [2.24, 2.45) is 5.92 Å². The monoisotopic (exact) mass is 402 g/mol. The van der Waals surface area contributed by atoms with Crippen molar-refractivity contribution in [2.45, 2.75) is 38.5 Å².